The van der Waals surface area contributed by atoms with E-state index in [2.05, 4.69) is 0 Å². The smallest absolute Gasteiger partial charge is 0.104 e. The summed E-state index contributed by atoms with van der Waals surface area (Å²) in [6.07, 6.45) is -0.162. The van der Waals surface area contributed by atoms with Crippen molar-refractivity contribution >= 4 is 0 Å². The molecule has 0 aromatic carbocycles. The maximum absolute atomic E-state index is 5.72. The van der Waals surface area contributed by atoms with Gasteiger partial charge in [-0.1, -0.05) is 0 Å². The van der Waals surface area contributed by atoms with Crippen molar-refractivity contribution in [3.63, 3.8) is 0 Å². The lowest BCUT2D eigenvalue weighted by Gasteiger charge is -2.22. The molecule has 0 radical (unpaired) electrons. The van der Waals surface area contributed by atoms with Crippen molar-refractivity contribution in [1.29, 1.82) is 0 Å². The molecule has 0 aliphatic carbocycles. The third kappa shape index (κ3) is 13.1. The van der Waals surface area contributed by atoms with Crippen molar-refractivity contribution < 1.29 is 33.2 Å². The van der Waals surface area contributed by atoms with E-state index in [1.807, 2.05) is 20.8 Å². The van der Waals surface area contributed by atoms with Crippen LogP contribution in [0.1, 0.15) is 20.8 Å². The van der Waals surface area contributed by atoms with Gasteiger partial charge in [-0.25, -0.2) is 0 Å². The minimum Gasteiger partial charge on any atom is -0.382 e. The highest BCUT2D eigenvalue weighted by atomic mass is 16.6. The van der Waals surface area contributed by atoms with Gasteiger partial charge in [-0.2, -0.15) is 0 Å². The Bertz CT molecular complexity index is 257. The molecule has 3 atom stereocenters. The lowest BCUT2D eigenvalue weighted by molar-refractivity contribution is -0.104. The van der Waals surface area contributed by atoms with Crippen LogP contribution < -0.4 is 0 Å². The van der Waals surface area contributed by atoms with Crippen LogP contribution in [0, 0.1) is 0 Å². The predicted octanol–water partition coefficient (Wildman–Crippen LogP) is 1.53. The summed E-state index contributed by atoms with van der Waals surface area (Å²) < 4.78 is 38.2. The van der Waals surface area contributed by atoms with E-state index in [0.717, 1.165) is 0 Å². The molecule has 7 heteroatoms. The van der Waals surface area contributed by atoms with Gasteiger partial charge in [0.1, 0.15) is 18.3 Å². The first-order chi connectivity index (χ1) is 11.6. The van der Waals surface area contributed by atoms with E-state index in [1.54, 1.807) is 21.3 Å². The zero-order chi connectivity index (χ0) is 18.2. The highest BCUT2D eigenvalue weighted by Crippen LogP contribution is 2.02. The van der Waals surface area contributed by atoms with Crippen molar-refractivity contribution in [3.05, 3.63) is 0 Å². The summed E-state index contributed by atoms with van der Waals surface area (Å²) in [4.78, 5) is 0. The summed E-state index contributed by atoms with van der Waals surface area (Å²) in [5.41, 5.74) is 0. The van der Waals surface area contributed by atoms with Gasteiger partial charge >= 0.3 is 0 Å². The molecule has 0 aliphatic heterocycles. The molecule has 146 valence electrons. The molecule has 0 amide bonds. The number of hydrogen-bond acceptors (Lipinski definition) is 7. The number of ether oxygens (including phenoxy) is 7. The fourth-order valence-electron chi connectivity index (χ4n) is 2.11. The maximum Gasteiger partial charge on any atom is 0.104 e. The van der Waals surface area contributed by atoms with Crippen molar-refractivity contribution in [2.75, 3.05) is 67.6 Å². The summed E-state index contributed by atoms with van der Waals surface area (Å²) in [5, 5.41) is 0. The Balaban J connectivity index is 3.99. The van der Waals surface area contributed by atoms with Crippen LogP contribution in [-0.4, -0.2) is 92.0 Å². The minimum atomic E-state index is -0.142. The Morgan fingerprint density at radius 1 is 0.667 bits per heavy atom. The summed E-state index contributed by atoms with van der Waals surface area (Å²) >= 11 is 0. The predicted molar refractivity (Wildman–Crippen MR) is 91.6 cm³/mol. The molecule has 0 saturated carbocycles. The van der Waals surface area contributed by atoms with Gasteiger partial charge in [0.25, 0.3) is 0 Å². The average molecular weight is 352 g/mol. The third-order valence-electron chi connectivity index (χ3n) is 3.12. The van der Waals surface area contributed by atoms with E-state index in [1.165, 1.54) is 0 Å². The lowest BCUT2D eigenvalue weighted by Crippen LogP contribution is -2.32. The molecule has 0 aromatic heterocycles. The van der Waals surface area contributed by atoms with E-state index in [9.17, 15) is 0 Å². The van der Waals surface area contributed by atoms with Crippen LogP contribution in [0.2, 0.25) is 0 Å². The van der Waals surface area contributed by atoms with Crippen LogP contribution in [0.5, 0.6) is 0 Å². The van der Waals surface area contributed by atoms with Gasteiger partial charge in [-0.3, -0.25) is 0 Å². The highest BCUT2D eigenvalue weighted by Gasteiger charge is 2.15. The molecule has 0 heterocycles. The molecule has 0 bridgehead atoms. The molecule has 3 unspecified atom stereocenters. The van der Waals surface area contributed by atoms with Crippen LogP contribution in [0.15, 0.2) is 0 Å². The zero-order valence-electron chi connectivity index (χ0n) is 16.1. The van der Waals surface area contributed by atoms with E-state index < -0.39 is 0 Å². The normalized spacial score (nSPS) is 15.6. The standard InChI is InChI=1S/C17H36O7/c1-7-23-16(8-18-4)12-21-10-15(20-6)11-22-13-17(9-19-5)24-14(2)3/h14-17H,7-13H2,1-6H3. The fourth-order valence-corrected chi connectivity index (χ4v) is 2.11. The first-order valence-corrected chi connectivity index (χ1v) is 8.50. The van der Waals surface area contributed by atoms with E-state index >= 15 is 0 Å². The second-order valence-electron chi connectivity index (χ2n) is 5.73. The minimum absolute atomic E-state index is 0.0658. The molecule has 0 fully saturated rings. The topological polar surface area (TPSA) is 64.6 Å². The van der Waals surface area contributed by atoms with Gasteiger partial charge in [0.05, 0.1) is 45.7 Å². The monoisotopic (exact) mass is 352 g/mol. The zero-order valence-corrected chi connectivity index (χ0v) is 16.1. The molecule has 0 aliphatic rings. The van der Waals surface area contributed by atoms with E-state index in [4.69, 9.17) is 33.2 Å². The molecule has 0 saturated heterocycles. The average Bonchev–Trinajstić information content (AvgIpc) is 2.53. The van der Waals surface area contributed by atoms with Crippen LogP contribution >= 0.6 is 0 Å². The lowest BCUT2D eigenvalue weighted by atomic mass is 10.3. The van der Waals surface area contributed by atoms with Gasteiger partial charge < -0.3 is 33.2 Å². The number of hydrogen-bond donors (Lipinski definition) is 0. The Kier molecular flexibility index (Phi) is 16.0. The first-order valence-electron chi connectivity index (χ1n) is 8.50. The molecule has 0 aromatic rings. The SMILES string of the molecule is CCOC(COC)COCC(COCC(COC)OC(C)C)OC. The van der Waals surface area contributed by atoms with Crippen LogP contribution in [-0.2, 0) is 33.2 Å². The summed E-state index contributed by atoms with van der Waals surface area (Å²) in [5.74, 6) is 0. The van der Waals surface area contributed by atoms with Crippen molar-refractivity contribution in [1.82, 2.24) is 0 Å². The highest BCUT2D eigenvalue weighted by molar-refractivity contribution is 4.61. The third-order valence-corrected chi connectivity index (χ3v) is 3.12. The Morgan fingerprint density at radius 2 is 1.17 bits per heavy atom. The van der Waals surface area contributed by atoms with Gasteiger partial charge in [-0.15, -0.1) is 0 Å². The van der Waals surface area contributed by atoms with Gasteiger partial charge in [0, 0.05) is 27.9 Å². The summed E-state index contributed by atoms with van der Waals surface area (Å²) in [6, 6.07) is 0. The summed E-state index contributed by atoms with van der Waals surface area (Å²) in [6.45, 7) is 9.35. The molecule has 0 spiro atoms. The Hall–Kier alpha value is -0.280. The summed E-state index contributed by atoms with van der Waals surface area (Å²) in [7, 11) is 4.94. The molecular weight excluding hydrogens is 316 g/mol. The van der Waals surface area contributed by atoms with Crippen LogP contribution in [0.4, 0.5) is 0 Å². The largest absolute Gasteiger partial charge is 0.382 e. The molecule has 7 nitrogen and oxygen atoms in total. The maximum atomic E-state index is 5.72. The van der Waals surface area contributed by atoms with Gasteiger partial charge in [0.15, 0.2) is 0 Å². The first kappa shape index (κ1) is 23.7. The Morgan fingerprint density at radius 3 is 1.62 bits per heavy atom. The van der Waals surface area contributed by atoms with Crippen molar-refractivity contribution in [2.45, 2.75) is 45.2 Å². The van der Waals surface area contributed by atoms with Crippen molar-refractivity contribution in [2.24, 2.45) is 0 Å². The molecular formula is C17H36O7. The van der Waals surface area contributed by atoms with E-state index in [-0.39, 0.29) is 24.4 Å². The second kappa shape index (κ2) is 16.2. The molecule has 0 N–H and O–H groups in total. The Labute approximate surface area is 146 Å². The van der Waals surface area contributed by atoms with Crippen molar-refractivity contribution in [3.8, 4) is 0 Å². The van der Waals surface area contributed by atoms with E-state index in [0.29, 0.717) is 46.2 Å². The molecule has 0 rings (SSSR count). The second-order valence-corrected chi connectivity index (χ2v) is 5.73. The number of methoxy groups -OCH3 is 3. The fraction of sp³-hybridized carbons (Fsp3) is 1.00. The van der Waals surface area contributed by atoms with Crippen LogP contribution in [0.3, 0.4) is 0 Å². The van der Waals surface area contributed by atoms with Gasteiger partial charge in [0.2, 0.25) is 0 Å². The van der Waals surface area contributed by atoms with Gasteiger partial charge in [-0.05, 0) is 20.8 Å². The van der Waals surface area contributed by atoms with Crippen LogP contribution in [0.25, 0.3) is 0 Å². The molecule has 24 heavy (non-hydrogen) atoms. The number of rotatable bonds is 17. The quantitative estimate of drug-likeness (QED) is 0.393.